The van der Waals surface area contributed by atoms with Crippen LogP contribution in [0.1, 0.15) is 43.7 Å². The molecule has 2 heterocycles. The summed E-state index contributed by atoms with van der Waals surface area (Å²) in [6.07, 6.45) is 4.13. The van der Waals surface area contributed by atoms with Crippen molar-refractivity contribution in [2.75, 3.05) is 38.1 Å². The van der Waals surface area contributed by atoms with Gasteiger partial charge < -0.3 is 14.7 Å². The molecule has 1 aromatic rings. The lowest BCUT2D eigenvalue weighted by atomic mass is 10.1. The van der Waals surface area contributed by atoms with Crippen molar-refractivity contribution in [2.24, 2.45) is 0 Å². The molecule has 1 fully saturated rings. The molecule has 0 atom stereocenters. The maximum atomic E-state index is 12.7. The van der Waals surface area contributed by atoms with Gasteiger partial charge in [-0.25, -0.2) is 0 Å². The van der Waals surface area contributed by atoms with Gasteiger partial charge in [0.05, 0.1) is 12.8 Å². The van der Waals surface area contributed by atoms with E-state index in [-0.39, 0.29) is 17.7 Å². The zero-order valence-corrected chi connectivity index (χ0v) is 16.4. The Morgan fingerprint density at radius 3 is 2.44 bits per heavy atom. The fourth-order valence-electron chi connectivity index (χ4n) is 3.82. The summed E-state index contributed by atoms with van der Waals surface area (Å²) in [6.45, 7) is 4.74. The fraction of sp³-hybridized carbons (Fsp3) is 0.571. The third-order valence-corrected chi connectivity index (χ3v) is 5.52. The highest BCUT2D eigenvalue weighted by molar-refractivity contribution is 6.01. The smallest absolute Gasteiger partial charge is 0.231 e. The Kier molecular flexibility index (Phi) is 6.14. The molecule has 0 unspecified atom stereocenters. The van der Waals surface area contributed by atoms with Crippen LogP contribution in [0.2, 0.25) is 0 Å². The van der Waals surface area contributed by atoms with Crippen molar-refractivity contribution in [3.8, 4) is 0 Å². The predicted octanol–water partition coefficient (Wildman–Crippen LogP) is 2.00. The number of fused-ring (bicyclic) bond motifs is 1. The number of nitrogens with zero attached hydrogens (tertiary/aromatic N) is 3. The second kappa shape index (κ2) is 8.55. The standard InChI is InChI=1S/C21H29N3O3/c1-3-4-6-19(25)23-9-5-10-24(12-11-23)21(27)14-16-7-8-18-17(13-16)15-20(26)22(18)2/h7-8,13H,3-6,9-12,14-15H2,1-2H3. The van der Waals surface area contributed by atoms with E-state index in [1.54, 1.807) is 11.9 Å². The summed E-state index contributed by atoms with van der Waals surface area (Å²) in [5.41, 5.74) is 2.88. The van der Waals surface area contributed by atoms with Crippen LogP contribution in [0.4, 0.5) is 5.69 Å². The van der Waals surface area contributed by atoms with E-state index in [0.717, 1.165) is 42.6 Å². The van der Waals surface area contributed by atoms with Crippen LogP contribution >= 0.6 is 0 Å². The molecule has 0 aromatic heterocycles. The first-order chi connectivity index (χ1) is 13.0. The van der Waals surface area contributed by atoms with E-state index in [2.05, 4.69) is 6.92 Å². The number of amides is 3. The summed E-state index contributed by atoms with van der Waals surface area (Å²) in [4.78, 5) is 42.2. The van der Waals surface area contributed by atoms with E-state index >= 15 is 0 Å². The average Bonchev–Trinajstić information content (AvgIpc) is 2.83. The first kappa shape index (κ1) is 19.4. The molecule has 0 aliphatic carbocycles. The SMILES string of the molecule is CCCCC(=O)N1CCCN(C(=O)Cc2ccc3c(c2)CC(=O)N3C)CC1. The van der Waals surface area contributed by atoms with Crippen molar-refractivity contribution in [3.63, 3.8) is 0 Å². The molecule has 6 heteroatoms. The second-order valence-corrected chi connectivity index (χ2v) is 7.49. The summed E-state index contributed by atoms with van der Waals surface area (Å²) in [7, 11) is 1.78. The van der Waals surface area contributed by atoms with Crippen molar-refractivity contribution in [2.45, 2.75) is 45.4 Å². The maximum absolute atomic E-state index is 12.7. The minimum Gasteiger partial charge on any atom is -0.341 e. The first-order valence-corrected chi connectivity index (χ1v) is 9.93. The number of anilines is 1. The van der Waals surface area contributed by atoms with Crippen molar-refractivity contribution in [3.05, 3.63) is 29.3 Å². The number of rotatable bonds is 5. The molecule has 0 N–H and O–H groups in total. The first-order valence-electron chi connectivity index (χ1n) is 9.93. The predicted molar refractivity (Wildman–Crippen MR) is 105 cm³/mol. The zero-order valence-electron chi connectivity index (χ0n) is 16.4. The van der Waals surface area contributed by atoms with Crippen LogP contribution in [-0.4, -0.2) is 60.7 Å². The van der Waals surface area contributed by atoms with Crippen LogP contribution in [0.15, 0.2) is 18.2 Å². The van der Waals surface area contributed by atoms with Gasteiger partial charge in [0.25, 0.3) is 0 Å². The van der Waals surface area contributed by atoms with E-state index in [1.807, 2.05) is 28.0 Å². The fourth-order valence-corrected chi connectivity index (χ4v) is 3.82. The number of benzene rings is 1. The molecule has 0 spiro atoms. The second-order valence-electron chi connectivity index (χ2n) is 7.49. The highest BCUT2D eigenvalue weighted by atomic mass is 16.2. The van der Waals surface area contributed by atoms with Crippen LogP contribution in [0.25, 0.3) is 0 Å². The topological polar surface area (TPSA) is 60.9 Å². The normalized spacial score (nSPS) is 17.1. The van der Waals surface area contributed by atoms with E-state index in [9.17, 15) is 14.4 Å². The molecule has 0 bridgehead atoms. The summed E-state index contributed by atoms with van der Waals surface area (Å²) in [5.74, 6) is 0.392. The van der Waals surface area contributed by atoms with Crippen molar-refractivity contribution < 1.29 is 14.4 Å². The van der Waals surface area contributed by atoms with Gasteiger partial charge in [0.1, 0.15) is 0 Å². The molecule has 1 aromatic carbocycles. The van der Waals surface area contributed by atoms with Gasteiger partial charge >= 0.3 is 0 Å². The minimum absolute atomic E-state index is 0.0915. The van der Waals surface area contributed by atoms with Gasteiger partial charge in [0, 0.05) is 45.3 Å². The highest BCUT2D eigenvalue weighted by Gasteiger charge is 2.25. The van der Waals surface area contributed by atoms with E-state index in [4.69, 9.17) is 0 Å². The third-order valence-electron chi connectivity index (χ3n) is 5.52. The number of hydrogen-bond donors (Lipinski definition) is 0. The Morgan fingerprint density at radius 1 is 1.04 bits per heavy atom. The van der Waals surface area contributed by atoms with Crippen molar-refractivity contribution in [1.82, 2.24) is 9.80 Å². The Labute approximate surface area is 161 Å². The Morgan fingerprint density at radius 2 is 1.74 bits per heavy atom. The molecule has 3 rings (SSSR count). The number of carbonyl (C=O) groups is 3. The molecule has 27 heavy (non-hydrogen) atoms. The van der Waals surface area contributed by atoms with Crippen LogP contribution < -0.4 is 4.90 Å². The van der Waals surface area contributed by atoms with E-state index < -0.39 is 0 Å². The van der Waals surface area contributed by atoms with Crippen LogP contribution in [0, 0.1) is 0 Å². The molecule has 146 valence electrons. The molecular weight excluding hydrogens is 342 g/mol. The molecule has 0 radical (unpaired) electrons. The van der Waals surface area contributed by atoms with Crippen LogP contribution in [0.5, 0.6) is 0 Å². The number of hydrogen-bond acceptors (Lipinski definition) is 3. The third kappa shape index (κ3) is 4.49. The van der Waals surface area contributed by atoms with Crippen molar-refractivity contribution in [1.29, 1.82) is 0 Å². The molecule has 2 aliphatic rings. The summed E-state index contributed by atoms with van der Waals surface area (Å²) >= 11 is 0. The Hall–Kier alpha value is -2.37. The molecule has 6 nitrogen and oxygen atoms in total. The molecule has 1 saturated heterocycles. The summed E-state index contributed by atoms with van der Waals surface area (Å²) in [5, 5.41) is 0. The maximum Gasteiger partial charge on any atom is 0.231 e. The van der Waals surface area contributed by atoms with Gasteiger partial charge in [-0.2, -0.15) is 0 Å². The van der Waals surface area contributed by atoms with Gasteiger partial charge in [0.15, 0.2) is 0 Å². The highest BCUT2D eigenvalue weighted by Crippen LogP contribution is 2.28. The lowest BCUT2D eigenvalue weighted by Crippen LogP contribution is -2.37. The number of carbonyl (C=O) groups excluding carboxylic acids is 3. The van der Waals surface area contributed by atoms with Gasteiger partial charge in [0.2, 0.25) is 17.7 Å². The molecular formula is C21H29N3O3. The van der Waals surface area contributed by atoms with E-state index in [0.29, 0.717) is 38.9 Å². The number of unbranched alkanes of at least 4 members (excludes halogenated alkanes) is 1. The summed E-state index contributed by atoms with van der Waals surface area (Å²) < 4.78 is 0. The minimum atomic E-state index is 0.0915. The monoisotopic (exact) mass is 371 g/mol. The molecule has 3 amide bonds. The Bertz CT molecular complexity index is 731. The van der Waals surface area contributed by atoms with Gasteiger partial charge in [-0.1, -0.05) is 25.5 Å². The zero-order chi connectivity index (χ0) is 19.4. The van der Waals surface area contributed by atoms with Crippen LogP contribution in [0.3, 0.4) is 0 Å². The quantitative estimate of drug-likeness (QED) is 0.795. The number of likely N-dealkylation sites (N-methyl/N-ethyl adjacent to an activating group) is 1. The van der Waals surface area contributed by atoms with Gasteiger partial charge in [-0.3, -0.25) is 14.4 Å². The van der Waals surface area contributed by atoms with Crippen LogP contribution in [-0.2, 0) is 27.2 Å². The van der Waals surface area contributed by atoms with Gasteiger partial charge in [-0.15, -0.1) is 0 Å². The molecule has 0 saturated carbocycles. The van der Waals surface area contributed by atoms with E-state index in [1.165, 1.54) is 0 Å². The van der Waals surface area contributed by atoms with Crippen molar-refractivity contribution >= 4 is 23.4 Å². The summed E-state index contributed by atoms with van der Waals surface area (Å²) in [6, 6.07) is 5.84. The molecule has 2 aliphatic heterocycles. The average molecular weight is 371 g/mol. The lowest BCUT2D eigenvalue weighted by Gasteiger charge is -2.22. The largest absolute Gasteiger partial charge is 0.341 e. The lowest BCUT2D eigenvalue weighted by molar-refractivity contribution is -0.133. The van der Waals surface area contributed by atoms with Gasteiger partial charge in [-0.05, 0) is 30.0 Å². The Balaban J connectivity index is 1.57.